The minimum absolute atomic E-state index is 0.210. The van der Waals surface area contributed by atoms with Crippen molar-refractivity contribution in [1.29, 1.82) is 0 Å². The molecule has 1 aromatic rings. The molecule has 0 saturated heterocycles. The molecule has 1 rings (SSSR count). The van der Waals surface area contributed by atoms with Crippen LogP contribution in [-0.4, -0.2) is 25.9 Å². The molecule has 78 valence electrons. The average Bonchev–Trinajstić information content (AvgIpc) is 2.17. The maximum Gasteiger partial charge on any atom is 0.211 e. The van der Waals surface area contributed by atoms with Crippen LogP contribution in [0.3, 0.4) is 0 Å². The second kappa shape index (κ2) is 5.44. The molecule has 0 aliphatic carbocycles. The Morgan fingerprint density at radius 1 is 1.36 bits per heavy atom. The molecule has 14 heavy (non-hydrogen) atoms. The summed E-state index contributed by atoms with van der Waals surface area (Å²) in [6.07, 6.45) is 4.42. The van der Waals surface area contributed by atoms with Crippen molar-refractivity contribution in [2.24, 2.45) is 0 Å². The lowest BCUT2D eigenvalue weighted by molar-refractivity contribution is -0.698. The van der Waals surface area contributed by atoms with Gasteiger partial charge in [-0.1, -0.05) is 0 Å². The number of ether oxygens (including phenoxy) is 2. The zero-order valence-electron chi connectivity index (χ0n) is 8.56. The Morgan fingerprint density at radius 3 is 2.79 bits per heavy atom. The summed E-state index contributed by atoms with van der Waals surface area (Å²) in [6.45, 7) is 1.52. The van der Waals surface area contributed by atoms with Crippen LogP contribution in [0.25, 0.3) is 0 Å². The van der Waals surface area contributed by atoms with Crippen LogP contribution < -0.4 is 9.30 Å². The molecule has 0 atom stereocenters. The molecule has 0 saturated carbocycles. The highest BCUT2D eigenvalue weighted by atomic mass is 16.5. The number of pyridine rings is 1. The van der Waals surface area contributed by atoms with Gasteiger partial charge in [0.1, 0.15) is 0 Å². The molecule has 0 amide bonds. The Labute approximate surface area is 83.7 Å². The van der Waals surface area contributed by atoms with E-state index in [-0.39, 0.29) is 5.75 Å². The van der Waals surface area contributed by atoms with E-state index in [1.54, 1.807) is 26.5 Å². The van der Waals surface area contributed by atoms with E-state index in [0.717, 1.165) is 13.0 Å². The van der Waals surface area contributed by atoms with Gasteiger partial charge in [-0.3, -0.25) is 0 Å². The molecule has 0 bridgehead atoms. The number of rotatable bonds is 5. The lowest BCUT2D eigenvalue weighted by Gasteiger charge is -2.01. The second-order valence-corrected chi connectivity index (χ2v) is 3.02. The number of hydrogen-bond donors (Lipinski definition) is 1. The highest BCUT2D eigenvalue weighted by Gasteiger charge is 2.06. The molecule has 0 fully saturated rings. The largest absolute Gasteiger partial charge is 0.503 e. The summed E-state index contributed by atoms with van der Waals surface area (Å²) in [5.74, 6) is 0.865. The third-order valence-electron chi connectivity index (χ3n) is 1.88. The van der Waals surface area contributed by atoms with Gasteiger partial charge in [-0.05, 0) is 0 Å². The second-order valence-electron chi connectivity index (χ2n) is 3.02. The van der Waals surface area contributed by atoms with Gasteiger partial charge in [0.05, 0.1) is 13.7 Å². The van der Waals surface area contributed by atoms with E-state index in [1.807, 2.05) is 10.8 Å². The lowest BCUT2D eigenvalue weighted by Crippen LogP contribution is -2.33. The number of methoxy groups -OCH3 is 2. The first-order valence-electron chi connectivity index (χ1n) is 4.52. The zero-order valence-corrected chi connectivity index (χ0v) is 8.56. The van der Waals surface area contributed by atoms with Crippen molar-refractivity contribution in [2.75, 3.05) is 20.8 Å². The third-order valence-corrected chi connectivity index (χ3v) is 1.88. The molecule has 4 nitrogen and oxygen atoms in total. The zero-order chi connectivity index (χ0) is 10.4. The lowest BCUT2D eigenvalue weighted by atomic mass is 10.4. The fourth-order valence-corrected chi connectivity index (χ4v) is 1.22. The SMILES string of the molecule is COCCC[n+]1cc(O)cc(OC)c1. The van der Waals surface area contributed by atoms with Crippen molar-refractivity contribution in [3.05, 3.63) is 18.5 Å². The number of aryl methyl sites for hydroxylation is 1. The minimum atomic E-state index is 0.210. The summed E-state index contributed by atoms with van der Waals surface area (Å²) in [7, 11) is 3.25. The van der Waals surface area contributed by atoms with Gasteiger partial charge in [0.25, 0.3) is 0 Å². The van der Waals surface area contributed by atoms with Crippen LogP contribution in [0.2, 0.25) is 0 Å². The number of nitrogens with zero attached hydrogens (tertiary/aromatic N) is 1. The van der Waals surface area contributed by atoms with Crippen molar-refractivity contribution in [3.63, 3.8) is 0 Å². The average molecular weight is 198 g/mol. The van der Waals surface area contributed by atoms with E-state index in [2.05, 4.69) is 0 Å². The van der Waals surface area contributed by atoms with Crippen molar-refractivity contribution >= 4 is 0 Å². The van der Waals surface area contributed by atoms with E-state index in [9.17, 15) is 5.11 Å². The molecule has 0 aliphatic rings. The maximum atomic E-state index is 9.35. The first-order valence-corrected chi connectivity index (χ1v) is 4.52. The molecule has 0 aliphatic heterocycles. The Hall–Kier alpha value is -1.29. The number of hydrogen-bond acceptors (Lipinski definition) is 3. The Morgan fingerprint density at radius 2 is 2.14 bits per heavy atom. The van der Waals surface area contributed by atoms with Gasteiger partial charge in [0.2, 0.25) is 12.4 Å². The third kappa shape index (κ3) is 3.22. The standard InChI is InChI=1S/C10H15NO3/c1-13-5-3-4-11-7-9(12)6-10(8-11)14-2/h6-8H,3-5H2,1-2H3/p+1. The predicted octanol–water partition coefficient (Wildman–Crippen LogP) is 0.725. The quantitative estimate of drug-likeness (QED) is 0.560. The molecule has 1 aromatic heterocycles. The molecule has 1 N–H and O–H groups in total. The van der Waals surface area contributed by atoms with Gasteiger partial charge in [0.15, 0.2) is 18.0 Å². The van der Waals surface area contributed by atoms with Gasteiger partial charge in [0, 0.05) is 19.6 Å². The van der Waals surface area contributed by atoms with Gasteiger partial charge >= 0.3 is 0 Å². The molecular weight excluding hydrogens is 182 g/mol. The van der Waals surface area contributed by atoms with Crippen molar-refractivity contribution in [2.45, 2.75) is 13.0 Å². The summed E-state index contributed by atoms with van der Waals surface area (Å²) >= 11 is 0. The van der Waals surface area contributed by atoms with Crippen LogP contribution in [0.5, 0.6) is 11.5 Å². The minimum Gasteiger partial charge on any atom is -0.503 e. The molecule has 0 radical (unpaired) electrons. The van der Waals surface area contributed by atoms with E-state index < -0.39 is 0 Å². The topological polar surface area (TPSA) is 42.6 Å². The summed E-state index contributed by atoms with van der Waals surface area (Å²) < 4.78 is 11.9. The van der Waals surface area contributed by atoms with Gasteiger partial charge in [-0.2, -0.15) is 4.57 Å². The Balaban J connectivity index is 2.62. The molecule has 0 spiro atoms. The fourth-order valence-electron chi connectivity index (χ4n) is 1.22. The van der Waals surface area contributed by atoms with E-state index in [0.29, 0.717) is 12.4 Å². The molecule has 0 unspecified atom stereocenters. The van der Waals surface area contributed by atoms with E-state index >= 15 is 0 Å². The van der Waals surface area contributed by atoms with E-state index in [4.69, 9.17) is 9.47 Å². The Bertz CT molecular complexity index is 289. The monoisotopic (exact) mass is 198 g/mol. The first-order chi connectivity index (χ1) is 6.76. The highest BCUT2D eigenvalue weighted by Crippen LogP contribution is 2.13. The first kappa shape index (κ1) is 10.8. The highest BCUT2D eigenvalue weighted by molar-refractivity contribution is 5.23. The number of aromatic hydroxyl groups is 1. The van der Waals surface area contributed by atoms with Crippen LogP contribution in [-0.2, 0) is 11.3 Å². The van der Waals surface area contributed by atoms with Gasteiger partial charge in [-0.15, -0.1) is 0 Å². The Kier molecular flexibility index (Phi) is 4.19. The van der Waals surface area contributed by atoms with Crippen molar-refractivity contribution < 1.29 is 19.1 Å². The molecule has 0 aromatic carbocycles. The molecular formula is C10H16NO3+. The van der Waals surface area contributed by atoms with Gasteiger partial charge in [-0.25, -0.2) is 0 Å². The molecule has 1 heterocycles. The smallest absolute Gasteiger partial charge is 0.211 e. The van der Waals surface area contributed by atoms with Crippen LogP contribution in [0.1, 0.15) is 6.42 Å². The van der Waals surface area contributed by atoms with Crippen LogP contribution in [0, 0.1) is 0 Å². The fraction of sp³-hybridized carbons (Fsp3) is 0.500. The summed E-state index contributed by atoms with van der Waals surface area (Å²) in [6, 6.07) is 1.58. The summed E-state index contributed by atoms with van der Waals surface area (Å²) in [5.41, 5.74) is 0. The molecule has 4 heteroatoms. The predicted molar refractivity (Wildman–Crippen MR) is 51.3 cm³/mol. The van der Waals surface area contributed by atoms with Crippen LogP contribution in [0.4, 0.5) is 0 Å². The summed E-state index contributed by atoms with van der Waals surface area (Å²) in [4.78, 5) is 0. The van der Waals surface area contributed by atoms with Gasteiger partial charge < -0.3 is 14.6 Å². The maximum absolute atomic E-state index is 9.35. The van der Waals surface area contributed by atoms with Crippen molar-refractivity contribution in [1.82, 2.24) is 0 Å². The van der Waals surface area contributed by atoms with Crippen molar-refractivity contribution in [3.8, 4) is 11.5 Å². The van der Waals surface area contributed by atoms with Crippen LogP contribution in [0.15, 0.2) is 18.5 Å². The summed E-state index contributed by atoms with van der Waals surface area (Å²) in [5, 5.41) is 9.35. The van der Waals surface area contributed by atoms with Crippen LogP contribution >= 0.6 is 0 Å². The number of aromatic nitrogens is 1. The normalized spacial score (nSPS) is 10.1. The van der Waals surface area contributed by atoms with E-state index in [1.165, 1.54) is 0 Å².